The molecule has 0 radical (unpaired) electrons. The van der Waals surface area contributed by atoms with Gasteiger partial charge in [0, 0.05) is 0 Å². The Morgan fingerprint density at radius 3 is 1.19 bits per heavy atom. The topological polar surface area (TPSA) is 35.5 Å². The van der Waals surface area contributed by atoms with Gasteiger partial charge in [0.15, 0.2) is 0 Å². The van der Waals surface area contributed by atoms with Crippen LogP contribution in [0.3, 0.4) is 0 Å². The number of hydrogen-bond acceptors (Lipinski definition) is 3. The molecule has 0 aliphatic heterocycles. The molecular formula is C30H45O3P3. The summed E-state index contributed by atoms with van der Waals surface area (Å²) in [5.74, 6) is 0. The Morgan fingerprint density at radius 1 is 0.556 bits per heavy atom. The van der Waals surface area contributed by atoms with E-state index < -0.39 is 23.2 Å². The quantitative estimate of drug-likeness (QED) is 0.170. The molecule has 0 N–H and O–H groups in total. The van der Waals surface area contributed by atoms with Crippen LogP contribution in [0.15, 0.2) is 91.0 Å². The molecule has 0 spiro atoms. The van der Waals surface area contributed by atoms with Crippen LogP contribution in [0.5, 0.6) is 0 Å². The van der Waals surface area contributed by atoms with Crippen LogP contribution in [0.4, 0.5) is 0 Å². The van der Waals surface area contributed by atoms with E-state index in [4.69, 9.17) is 8.62 Å². The molecule has 3 aromatic carbocycles. The van der Waals surface area contributed by atoms with Crippen LogP contribution in [0.2, 0.25) is 0 Å². The fourth-order valence-electron chi connectivity index (χ4n) is 5.04. The maximum atomic E-state index is 14.1. The van der Waals surface area contributed by atoms with Gasteiger partial charge in [0.05, 0.1) is 0 Å². The molecule has 3 aromatic rings. The molecule has 0 saturated carbocycles. The molecule has 0 fully saturated rings. The first-order valence-electron chi connectivity index (χ1n) is 13.7. The van der Waals surface area contributed by atoms with Crippen LogP contribution in [0, 0.1) is 0 Å². The Labute approximate surface area is 220 Å². The molecule has 3 nitrogen and oxygen atoms in total. The Bertz CT molecular complexity index is 911. The molecule has 3 rings (SSSR count). The van der Waals surface area contributed by atoms with Gasteiger partial charge in [-0.3, -0.25) is 0 Å². The van der Waals surface area contributed by atoms with E-state index in [1.54, 1.807) is 0 Å². The fourth-order valence-corrected chi connectivity index (χ4v) is 17.4. The van der Waals surface area contributed by atoms with Crippen molar-refractivity contribution < 1.29 is 13.2 Å². The van der Waals surface area contributed by atoms with E-state index >= 15 is 0 Å². The van der Waals surface area contributed by atoms with Crippen LogP contribution in [-0.2, 0) is 13.2 Å². The van der Waals surface area contributed by atoms with Gasteiger partial charge < -0.3 is 0 Å². The normalized spacial score (nSPS) is 13.9. The Hall–Kier alpha value is -1.33. The second kappa shape index (κ2) is 15.2. The van der Waals surface area contributed by atoms with Crippen molar-refractivity contribution in [1.29, 1.82) is 0 Å². The van der Waals surface area contributed by atoms with Crippen molar-refractivity contribution in [3.8, 4) is 0 Å². The molecule has 0 aliphatic carbocycles. The van der Waals surface area contributed by atoms with Gasteiger partial charge in [-0.05, 0) is 0 Å². The van der Waals surface area contributed by atoms with E-state index in [2.05, 4.69) is 57.2 Å². The summed E-state index contributed by atoms with van der Waals surface area (Å²) >= 11 is 0. The second-order valence-electron chi connectivity index (χ2n) is 9.73. The molecule has 0 aromatic heterocycles. The molecule has 6 heteroatoms. The second-order valence-corrected chi connectivity index (χ2v) is 18.8. The monoisotopic (exact) mass is 546 g/mol. The zero-order chi connectivity index (χ0) is 25.7. The number of hydrogen-bond donors (Lipinski definition) is 0. The Balaban J connectivity index is 2.07. The number of rotatable bonds is 16. The van der Waals surface area contributed by atoms with Crippen molar-refractivity contribution in [3.05, 3.63) is 91.0 Å². The zero-order valence-corrected chi connectivity index (χ0v) is 25.2. The van der Waals surface area contributed by atoms with Crippen molar-refractivity contribution in [1.82, 2.24) is 0 Å². The van der Waals surface area contributed by atoms with Gasteiger partial charge in [-0.25, -0.2) is 0 Å². The third-order valence-electron chi connectivity index (χ3n) is 7.04. The molecule has 0 amide bonds. The Morgan fingerprint density at radius 2 is 0.889 bits per heavy atom. The van der Waals surface area contributed by atoms with Crippen molar-refractivity contribution in [2.24, 2.45) is 0 Å². The predicted molar refractivity (Wildman–Crippen MR) is 165 cm³/mol. The van der Waals surface area contributed by atoms with E-state index in [0.717, 1.165) is 72.9 Å². The summed E-state index contributed by atoms with van der Waals surface area (Å²) in [6.45, 7) is 6.70. The summed E-state index contributed by atoms with van der Waals surface area (Å²) in [5.41, 5.74) is 0. The van der Waals surface area contributed by atoms with Gasteiger partial charge in [-0.2, -0.15) is 0 Å². The van der Waals surface area contributed by atoms with Gasteiger partial charge >= 0.3 is 221 Å². The van der Waals surface area contributed by atoms with Crippen LogP contribution in [-0.4, -0.2) is 18.5 Å². The van der Waals surface area contributed by atoms with E-state index in [1.807, 2.05) is 54.6 Å². The van der Waals surface area contributed by atoms with Gasteiger partial charge in [0.1, 0.15) is 0 Å². The summed E-state index contributed by atoms with van der Waals surface area (Å²) in [4.78, 5) is 0. The first-order valence-corrected chi connectivity index (χ1v) is 19.3. The third kappa shape index (κ3) is 7.60. The summed E-state index contributed by atoms with van der Waals surface area (Å²) in [6.07, 6.45) is 10.0. The summed E-state index contributed by atoms with van der Waals surface area (Å²) in [7, 11) is -8.00. The SMILES string of the molecule is CCCC[PH](CCCC)(CCCC)O[PH](=O)O[PH](c1ccccc1)(c1ccccc1)c1ccccc1. The van der Waals surface area contributed by atoms with Crippen LogP contribution < -0.4 is 15.9 Å². The summed E-state index contributed by atoms with van der Waals surface area (Å²) in [6, 6.07) is 31.1. The van der Waals surface area contributed by atoms with Crippen molar-refractivity contribution in [2.45, 2.75) is 59.3 Å². The minimum atomic E-state index is -3.05. The molecule has 0 bridgehead atoms. The molecule has 36 heavy (non-hydrogen) atoms. The van der Waals surface area contributed by atoms with Gasteiger partial charge in [0.25, 0.3) is 0 Å². The fraction of sp³-hybridized carbons (Fsp3) is 0.400. The molecular weight excluding hydrogens is 501 g/mol. The Kier molecular flexibility index (Phi) is 12.3. The average Bonchev–Trinajstić information content (AvgIpc) is 2.94. The molecule has 1 unspecified atom stereocenters. The first-order chi connectivity index (χ1) is 17.6. The van der Waals surface area contributed by atoms with Gasteiger partial charge in [0.2, 0.25) is 0 Å². The van der Waals surface area contributed by atoms with Gasteiger partial charge in [-0.1, -0.05) is 0 Å². The molecule has 0 saturated heterocycles. The minimum absolute atomic E-state index is 1.07. The number of unbranched alkanes of at least 4 members (excludes halogenated alkanes) is 3. The van der Waals surface area contributed by atoms with Crippen LogP contribution in [0.1, 0.15) is 59.3 Å². The third-order valence-corrected chi connectivity index (χ3v) is 18.6. The standard InChI is InChI=1S/C30H45O3P3/c1-4-7-25-35(26-8-5-2,27-9-6-3)32-34(31)33-36(28-19-13-10-14-20-28,29-21-15-11-16-22-29)30-23-17-12-18-24-30/h10-24,34-36H,4-9,25-27H2,1-3H3. The summed E-state index contributed by atoms with van der Waals surface area (Å²) in [5, 5.41) is 3.27. The van der Waals surface area contributed by atoms with Crippen molar-refractivity contribution >= 4 is 39.1 Å². The van der Waals surface area contributed by atoms with E-state index in [9.17, 15) is 4.57 Å². The molecule has 0 aliphatic rings. The van der Waals surface area contributed by atoms with E-state index in [1.165, 1.54) is 0 Å². The first kappa shape index (κ1) is 29.2. The van der Waals surface area contributed by atoms with Gasteiger partial charge in [-0.15, -0.1) is 0 Å². The van der Waals surface area contributed by atoms with Crippen molar-refractivity contribution in [2.75, 3.05) is 18.5 Å². The molecule has 0 heterocycles. The molecule has 198 valence electrons. The van der Waals surface area contributed by atoms with Crippen LogP contribution in [0.25, 0.3) is 0 Å². The van der Waals surface area contributed by atoms with E-state index in [0.29, 0.717) is 0 Å². The van der Waals surface area contributed by atoms with E-state index in [-0.39, 0.29) is 0 Å². The predicted octanol–water partition coefficient (Wildman–Crippen LogP) is 8.12. The van der Waals surface area contributed by atoms with Crippen LogP contribution >= 0.6 is 23.2 Å². The summed E-state index contributed by atoms with van der Waals surface area (Å²) < 4.78 is 27.7. The number of benzene rings is 3. The maximum absolute atomic E-state index is 14.1. The average molecular weight is 547 g/mol. The molecule has 1 atom stereocenters. The van der Waals surface area contributed by atoms with Crippen molar-refractivity contribution in [3.63, 3.8) is 0 Å². The zero-order valence-electron chi connectivity index (χ0n) is 22.2.